The van der Waals surface area contributed by atoms with E-state index in [0.717, 1.165) is 51.4 Å². The molecule has 1 heterocycles. The Bertz CT molecular complexity index is 514. The summed E-state index contributed by atoms with van der Waals surface area (Å²) in [5.41, 5.74) is 7.54. The minimum absolute atomic E-state index is 0.464. The minimum atomic E-state index is 0.464. The van der Waals surface area contributed by atoms with Crippen LogP contribution in [0, 0.1) is 11.3 Å². The van der Waals surface area contributed by atoms with E-state index < -0.39 is 0 Å². The average Bonchev–Trinajstić information content (AvgIpc) is 2.58. The Labute approximate surface area is 131 Å². The molecule has 2 rings (SSSR count). The van der Waals surface area contributed by atoms with Gasteiger partial charge in [0.15, 0.2) is 5.96 Å². The van der Waals surface area contributed by atoms with Crippen LogP contribution in [0.3, 0.4) is 0 Å². The third-order valence-electron chi connectivity index (χ3n) is 3.58. The van der Waals surface area contributed by atoms with E-state index >= 15 is 0 Å². The Morgan fingerprint density at radius 3 is 2.73 bits per heavy atom. The molecule has 0 aromatic heterocycles. The Kier molecular flexibility index (Phi) is 6.68. The van der Waals surface area contributed by atoms with Gasteiger partial charge < -0.3 is 15.8 Å². The van der Waals surface area contributed by atoms with E-state index in [0.29, 0.717) is 18.1 Å². The summed E-state index contributed by atoms with van der Waals surface area (Å²) in [7, 11) is 0. The molecule has 1 saturated heterocycles. The quantitative estimate of drug-likeness (QED) is 0.458. The largest absolute Gasteiger partial charge is 0.379 e. The number of nitrogens with two attached hydrogens (primary N) is 1. The van der Waals surface area contributed by atoms with E-state index in [1.54, 1.807) is 12.1 Å². The number of guanidine groups is 1. The highest BCUT2D eigenvalue weighted by atomic mass is 16.5. The third kappa shape index (κ3) is 5.72. The fourth-order valence-corrected chi connectivity index (χ4v) is 2.26. The third-order valence-corrected chi connectivity index (χ3v) is 3.58. The number of rotatable bonds is 6. The van der Waals surface area contributed by atoms with Crippen molar-refractivity contribution in [2.75, 3.05) is 39.4 Å². The van der Waals surface area contributed by atoms with Crippen LogP contribution in [0.4, 0.5) is 0 Å². The molecule has 3 N–H and O–H groups in total. The maximum atomic E-state index is 8.74. The van der Waals surface area contributed by atoms with Gasteiger partial charge >= 0.3 is 0 Å². The van der Waals surface area contributed by atoms with Crippen LogP contribution in [0.15, 0.2) is 29.3 Å². The minimum Gasteiger partial charge on any atom is -0.379 e. The van der Waals surface area contributed by atoms with E-state index in [-0.39, 0.29) is 0 Å². The zero-order valence-electron chi connectivity index (χ0n) is 12.8. The van der Waals surface area contributed by atoms with E-state index in [9.17, 15) is 0 Å². The molecule has 0 radical (unpaired) electrons. The first-order chi connectivity index (χ1) is 10.8. The molecule has 0 aliphatic carbocycles. The molecule has 0 atom stereocenters. The number of benzene rings is 1. The molecule has 0 amide bonds. The van der Waals surface area contributed by atoms with E-state index in [1.807, 2.05) is 12.1 Å². The highest BCUT2D eigenvalue weighted by molar-refractivity contribution is 5.77. The molecule has 1 aromatic carbocycles. The van der Waals surface area contributed by atoms with Crippen molar-refractivity contribution in [1.29, 1.82) is 5.26 Å². The van der Waals surface area contributed by atoms with Gasteiger partial charge in [-0.25, -0.2) is 4.99 Å². The fraction of sp³-hybridized carbons (Fsp3) is 0.500. The number of aliphatic imine (C=N–C) groups is 1. The highest BCUT2D eigenvalue weighted by Crippen LogP contribution is 2.04. The average molecular weight is 301 g/mol. The van der Waals surface area contributed by atoms with Crippen LogP contribution in [-0.4, -0.2) is 50.3 Å². The topological polar surface area (TPSA) is 86.7 Å². The zero-order valence-corrected chi connectivity index (χ0v) is 12.8. The standard InChI is InChI=1S/C16H23N5O/c17-12-14-2-4-15(5-3-14)13-20-16(18)19-6-1-7-21-8-10-22-11-9-21/h2-5H,1,6-11,13H2,(H3,18,19,20). The Morgan fingerprint density at radius 1 is 1.32 bits per heavy atom. The number of nitrogens with zero attached hydrogens (tertiary/aromatic N) is 3. The summed E-state index contributed by atoms with van der Waals surface area (Å²) in [6.07, 6.45) is 1.03. The molecule has 22 heavy (non-hydrogen) atoms. The van der Waals surface area contributed by atoms with E-state index in [4.69, 9.17) is 15.7 Å². The Hall–Kier alpha value is -2.10. The Morgan fingerprint density at radius 2 is 2.05 bits per heavy atom. The first kappa shape index (κ1) is 16.3. The SMILES string of the molecule is N#Cc1ccc(CN=C(N)NCCCN2CCOCC2)cc1. The van der Waals surface area contributed by atoms with Crippen molar-refractivity contribution < 1.29 is 4.74 Å². The molecule has 118 valence electrons. The second-order valence-corrected chi connectivity index (χ2v) is 5.24. The lowest BCUT2D eigenvalue weighted by Gasteiger charge is -2.26. The van der Waals surface area contributed by atoms with Gasteiger partial charge in [0.2, 0.25) is 0 Å². The number of nitriles is 1. The van der Waals surface area contributed by atoms with Crippen molar-refractivity contribution in [3.63, 3.8) is 0 Å². The maximum absolute atomic E-state index is 8.74. The highest BCUT2D eigenvalue weighted by Gasteiger charge is 2.08. The summed E-state index contributed by atoms with van der Waals surface area (Å²) in [6.45, 7) is 6.10. The first-order valence-corrected chi connectivity index (χ1v) is 7.61. The van der Waals surface area contributed by atoms with Crippen molar-refractivity contribution in [3.05, 3.63) is 35.4 Å². The van der Waals surface area contributed by atoms with Crippen LogP contribution in [0.5, 0.6) is 0 Å². The number of hydrogen-bond donors (Lipinski definition) is 2. The molecule has 0 bridgehead atoms. The molecule has 6 heteroatoms. The van der Waals surface area contributed by atoms with Crippen LogP contribution in [0.1, 0.15) is 17.5 Å². The summed E-state index contributed by atoms with van der Waals surface area (Å²) in [4.78, 5) is 6.70. The van der Waals surface area contributed by atoms with Crippen LogP contribution in [0.25, 0.3) is 0 Å². The van der Waals surface area contributed by atoms with Crippen LogP contribution in [-0.2, 0) is 11.3 Å². The van der Waals surface area contributed by atoms with Crippen LogP contribution >= 0.6 is 0 Å². The first-order valence-electron chi connectivity index (χ1n) is 7.61. The van der Waals surface area contributed by atoms with Crippen molar-refractivity contribution in [2.24, 2.45) is 10.7 Å². The van der Waals surface area contributed by atoms with Crippen molar-refractivity contribution in [3.8, 4) is 6.07 Å². The van der Waals surface area contributed by atoms with Gasteiger partial charge in [0.1, 0.15) is 0 Å². The van der Waals surface area contributed by atoms with Crippen molar-refractivity contribution >= 4 is 5.96 Å². The normalized spacial score (nSPS) is 16.2. The summed E-state index contributed by atoms with van der Waals surface area (Å²) < 4.78 is 5.32. The Balaban J connectivity index is 1.63. The van der Waals surface area contributed by atoms with Crippen molar-refractivity contribution in [1.82, 2.24) is 10.2 Å². The molecular weight excluding hydrogens is 278 g/mol. The molecule has 0 saturated carbocycles. The molecule has 6 nitrogen and oxygen atoms in total. The molecule has 0 spiro atoms. The van der Waals surface area contributed by atoms with Gasteiger partial charge in [-0.3, -0.25) is 4.90 Å². The fourth-order valence-electron chi connectivity index (χ4n) is 2.26. The van der Waals surface area contributed by atoms with Gasteiger partial charge in [-0.15, -0.1) is 0 Å². The van der Waals surface area contributed by atoms with E-state index in [1.165, 1.54) is 0 Å². The lowest BCUT2D eigenvalue weighted by atomic mass is 10.1. The number of morpholine rings is 1. The molecular formula is C16H23N5O. The smallest absolute Gasteiger partial charge is 0.188 e. The summed E-state index contributed by atoms with van der Waals surface area (Å²) in [5, 5.41) is 11.9. The van der Waals surface area contributed by atoms with Gasteiger partial charge in [0.05, 0.1) is 31.4 Å². The number of nitrogens with one attached hydrogen (secondary N) is 1. The molecule has 1 aliphatic heterocycles. The second kappa shape index (κ2) is 9.03. The molecule has 1 aliphatic rings. The zero-order chi connectivity index (χ0) is 15.6. The van der Waals surface area contributed by atoms with Crippen molar-refractivity contribution in [2.45, 2.75) is 13.0 Å². The molecule has 1 fully saturated rings. The predicted octanol–water partition coefficient (Wildman–Crippen LogP) is 0.685. The summed E-state index contributed by atoms with van der Waals surface area (Å²) in [5.74, 6) is 0.464. The maximum Gasteiger partial charge on any atom is 0.188 e. The summed E-state index contributed by atoms with van der Waals surface area (Å²) in [6, 6.07) is 9.47. The lowest BCUT2D eigenvalue weighted by molar-refractivity contribution is 0.0376. The number of ether oxygens (including phenoxy) is 1. The van der Waals surface area contributed by atoms with Gasteiger partial charge in [-0.2, -0.15) is 5.26 Å². The molecule has 1 aromatic rings. The monoisotopic (exact) mass is 301 g/mol. The lowest BCUT2D eigenvalue weighted by Crippen LogP contribution is -2.39. The van der Waals surface area contributed by atoms with Gasteiger partial charge in [0.25, 0.3) is 0 Å². The number of hydrogen-bond acceptors (Lipinski definition) is 4. The predicted molar refractivity (Wildman–Crippen MR) is 86.4 cm³/mol. The van der Waals surface area contributed by atoms with Gasteiger partial charge in [-0.05, 0) is 30.7 Å². The molecule has 0 unspecified atom stereocenters. The van der Waals surface area contributed by atoms with Gasteiger partial charge in [-0.1, -0.05) is 12.1 Å². The van der Waals surface area contributed by atoms with Crippen LogP contribution < -0.4 is 11.1 Å². The van der Waals surface area contributed by atoms with Crippen LogP contribution in [0.2, 0.25) is 0 Å². The summed E-state index contributed by atoms with van der Waals surface area (Å²) >= 11 is 0. The van der Waals surface area contributed by atoms with E-state index in [2.05, 4.69) is 21.3 Å². The van der Waals surface area contributed by atoms with Gasteiger partial charge in [0, 0.05) is 19.6 Å². The second-order valence-electron chi connectivity index (χ2n) is 5.24.